The SMILES string of the molecule is CCCC[C@H]1CC[C@H](CCC2CCC(CCc3cc(F)c(F)c(F)c3)CC2)CC1. The van der Waals surface area contributed by atoms with Crippen molar-refractivity contribution < 1.29 is 13.2 Å². The molecule has 3 rings (SSSR count). The summed E-state index contributed by atoms with van der Waals surface area (Å²) >= 11 is 0. The molecule has 0 bridgehead atoms. The average Bonchev–Trinajstić information content (AvgIpc) is 2.74. The molecule has 0 spiro atoms. The van der Waals surface area contributed by atoms with Crippen molar-refractivity contribution in [1.29, 1.82) is 0 Å². The van der Waals surface area contributed by atoms with Gasteiger partial charge in [0.2, 0.25) is 0 Å². The topological polar surface area (TPSA) is 0 Å². The first kappa shape index (κ1) is 22.7. The quantitative estimate of drug-likeness (QED) is 0.359. The first-order valence-electron chi connectivity index (χ1n) is 12.2. The lowest BCUT2D eigenvalue weighted by Gasteiger charge is -2.32. The van der Waals surface area contributed by atoms with Crippen LogP contribution in [0.4, 0.5) is 13.2 Å². The molecule has 0 heterocycles. The van der Waals surface area contributed by atoms with E-state index in [1.807, 2.05) is 0 Å². The van der Waals surface area contributed by atoms with Crippen molar-refractivity contribution in [3.8, 4) is 0 Å². The van der Waals surface area contributed by atoms with E-state index in [0.29, 0.717) is 17.9 Å². The van der Waals surface area contributed by atoms with Crippen molar-refractivity contribution in [2.75, 3.05) is 0 Å². The van der Waals surface area contributed by atoms with E-state index >= 15 is 0 Å². The maximum Gasteiger partial charge on any atom is 0.194 e. The Balaban J connectivity index is 1.30. The van der Waals surface area contributed by atoms with Crippen LogP contribution < -0.4 is 0 Å². The fourth-order valence-corrected chi connectivity index (χ4v) is 5.71. The third-order valence-corrected chi connectivity index (χ3v) is 7.77. The molecule has 0 radical (unpaired) electrons. The van der Waals surface area contributed by atoms with Gasteiger partial charge in [0, 0.05) is 0 Å². The molecule has 1 aromatic rings. The molecule has 2 aliphatic carbocycles. The minimum Gasteiger partial charge on any atom is -0.204 e. The molecule has 29 heavy (non-hydrogen) atoms. The van der Waals surface area contributed by atoms with Crippen molar-refractivity contribution in [3.05, 3.63) is 35.1 Å². The highest BCUT2D eigenvalue weighted by molar-refractivity contribution is 5.19. The Morgan fingerprint density at radius 1 is 0.655 bits per heavy atom. The van der Waals surface area contributed by atoms with Gasteiger partial charge in [-0.15, -0.1) is 0 Å². The van der Waals surface area contributed by atoms with Crippen molar-refractivity contribution in [2.24, 2.45) is 23.7 Å². The summed E-state index contributed by atoms with van der Waals surface area (Å²) in [5, 5.41) is 0. The van der Waals surface area contributed by atoms with Crippen LogP contribution in [0.5, 0.6) is 0 Å². The Hall–Kier alpha value is -0.990. The molecule has 2 fully saturated rings. The van der Waals surface area contributed by atoms with Crippen molar-refractivity contribution in [3.63, 3.8) is 0 Å². The zero-order valence-corrected chi connectivity index (χ0v) is 18.2. The van der Waals surface area contributed by atoms with Gasteiger partial charge < -0.3 is 0 Å². The van der Waals surface area contributed by atoms with Gasteiger partial charge in [0.05, 0.1) is 0 Å². The van der Waals surface area contributed by atoms with Crippen LogP contribution in [0.25, 0.3) is 0 Å². The van der Waals surface area contributed by atoms with Crippen LogP contribution in [0.15, 0.2) is 12.1 Å². The zero-order valence-electron chi connectivity index (χ0n) is 18.2. The lowest BCUT2D eigenvalue weighted by atomic mass is 9.74. The number of rotatable bonds is 9. The maximum atomic E-state index is 13.4. The highest BCUT2D eigenvalue weighted by Crippen LogP contribution is 2.38. The lowest BCUT2D eigenvalue weighted by Crippen LogP contribution is -2.18. The van der Waals surface area contributed by atoms with Crippen molar-refractivity contribution in [2.45, 2.75) is 103 Å². The van der Waals surface area contributed by atoms with Gasteiger partial charge in [0.15, 0.2) is 17.5 Å². The summed E-state index contributed by atoms with van der Waals surface area (Å²) in [6, 6.07) is 2.31. The first-order chi connectivity index (χ1) is 14.0. The predicted molar refractivity (Wildman–Crippen MR) is 114 cm³/mol. The second kappa shape index (κ2) is 11.4. The maximum absolute atomic E-state index is 13.4. The number of hydrogen-bond donors (Lipinski definition) is 0. The Morgan fingerprint density at radius 2 is 1.07 bits per heavy atom. The van der Waals surface area contributed by atoms with E-state index in [0.717, 1.165) is 36.3 Å². The van der Waals surface area contributed by atoms with Gasteiger partial charge >= 0.3 is 0 Å². The molecule has 0 saturated heterocycles. The van der Waals surface area contributed by atoms with Gasteiger partial charge in [-0.05, 0) is 54.2 Å². The molecule has 2 saturated carbocycles. The lowest BCUT2D eigenvalue weighted by molar-refractivity contribution is 0.209. The fourth-order valence-electron chi connectivity index (χ4n) is 5.71. The van der Waals surface area contributed by atoms with E-state index in [1.54, 1.807) is 0 Å². The van der Waals surface area contributed by atoms with Gasteiger partial charge in [0.1, 0.15) is 0 Å². The summed E-state index contributed by atoms with van der Waals surface area (Å²) in [4.78, 5) is 0. The van der Waals surface area contributed by atoms with Crippen molar-refractivity contribution in [1.82, 2.24) is 0 Å². The molecule has 3 heteroatoms. The number of hydrogen-bond acceptors (Lipinski definition) is 0. The smallest absolute Gasteiger partial charge is 0.194 e. The third-order valence-electron chi connectivity index (χ3n) is 7.77. The largest absolute Gasteiger partial charge is 0.204 e. The van der Waals surface area contributed by atoms with Crippen LogP contribution in [-0.4, -0.2) is 0 Å². The van der Waals surface area contributed by atoms with Crippen LogP contribution in [0.2, 0.25) is 0 Å². The van der Waals surface area contributed by atoms with Crippen LogP contribution in [0, 0.1) is 41.1 Å². The molecule has 0 amide bonds. The Morgan fingerprint density at radius 3 is 1.52 bits per heavy atom. The fraction of sp³-hybridized carbons (Fsp3) is 0.769. The van der Waals surface area contributed by atoms with Gasteiger partial charge in [-0.2, -0.15) is 0 Å². The van der Waals surface area contributed by atoms with Crippen LogP contribution in [0.3, 0.4) is 0 Å². The molecule has 0 aromatic heterocycles. The molecular weight excluding hydrogens is 369 g/mol. The molecule has 0 unspecified atom stereocenters. The molecule has 2 aliphatic rings. The van der Waals surface area contributed by atoms with E-state index in [9.17, 15) is 13.2 Å². The minimum absolute atomic E-state index is 0.582. The van der Waals surface area contributed by atoms with E-state index in [1.165, 1.54) is 83.5 Å². The Bertz CT molecular complexity index is 587. The molecule has 0 N–H and O–H groups in total. The molecular formula is C26H39F3. The summed E-state index contributed by atoms with van der Waals surface area (Å²) in [7, 11) is 0. The molecule has 0 nitrogen and oxygen atoms in total. The minimum atomic E-state index is -1.36. The summed E-state index contributed by atoms with van der Waals surface area (Å²) in [6.07, 6.45) is 19.5. The number of aryl methyl sites for hydroxylation is 1. The van der Waals surface area contributed by atoms with Gasteiger partial charge in [0.25, 0.3) is 0 Å². The van der Waals surface area contributed by atoms with E-state index in [2.05, 4.69) is 6.92 Å². The molecule has 0 atom stereocenters. The second-order valence-corrected chi connectivity index (χ2v) is 9.91. The van der Waals surface area contributed by atoms with Gasteiger partial charge in [-0.25, -0.2) is 13.2 Å². The van der Waals surface area contributed by atoms with Crippen LogP contribution >= 0.6 is 0 Å². The number of halogens is 3. The van der Waals surface area contributed by atoms with Gasteiger partial charge in [-0.3, -0.25) is 0 Å². The summed E-state index contributed by atoms with van der Waals surface area (Å²) in [6.45, 7) is 2.29. The monoisotopic (exact) mass is 408 g/mol. The highest BCUT2D eigenvalue weighted by atomic mass is 19.2. The van der Waals surface area contributed by atoms with E-state index in [4.69, 9.17) is 0 Å². The van der Waals surface area contributed by atoms with Crippen LogP contribution in [0.1, 0.15) is 102 Å². The normalized spacial score (nSPS) is 27.9. The number of benzene rings is 1. The summed E-state index contributed by atoms with van der Waals surface area (Å²) < 4.78 is 39.8. The second-order valence-electron chi connectivity index (χ2n) is 9.91. The van der Waals surface area contributed by atoms with Crippen LogP contribution in [-0.2, 0) is 6.42 Å². The van der Waals surface area contributed by atoms with Crippen molar-refractivity contribution >= 4 is 0 Å². The molecule has 1 aromatic carbocycles. The van der Waals surface area contributed by atoms with Gasteiger partial charge in [-0.1, -0.05) is 90.4 Å². The number of unbranched alkanes of at least 4 members (excludes halogenated alkanes) is 1. The molecule has 0 aliphatic heterocycles. The Kier molecular flexibility index (Phi) is 8.93. The Labute approximate surface area is 175 Å². The predicted octanol–water partition coefficient (Wildman–Crippen LogP) is 8.62. The first-order valence-corrected chi connectivity index (χ1v) is 12.2. The van der Waals surface area contributed by atoms with E-state index < -0.39 is 17.5 Å². The third kappa shape index (κ3) is 7.03. The standard InChI is InChI=1S/C26H39F3/c1-2-3-4-19-5-7-20(8-6-19)9-10-21-11-13-22(14-12-21)15-16-23-17-24(27)26(29)25(28)18-23/h17-22H,2-16H2,1H3/t19-,20-,21?,22?. The zero-order chi connectivity index (χ0) is 20.6. The summed E-state index contributed by atoms with van der Waals surface area (Å²) in [5.74, 6) is 0.00897. The van der Waals surface area contributed by atoms with E-state index in [-0.39, 0.29) is 0 Å². The summed E-state index contributed by atoms with van der Waals surface area (Å²) in [5.41, 5.74) is 0.582. The molecule has 164 valence electrons. The average molecular weight is 409 g/mol. The highest BCUT2D eigenvalue weighted by Gasteiger charge is 2.24.